The minimum absolute atomic E-state index is 0.0343. The van der Waals surface area contributed by atoms with E-state index in [1.807, 2.05) is 6.92 Å². The highest BCUT2D eigenvalue weighted by Gasteiger charge is 2.18. The predicted octanol–water partition coefficient (Wildman–Crippen LogP) is 1.66. The van der Waals surface area contributed by atoms with Crippen molar-refractivity contribution in [2.45, 2.75) is 38.8 Å². The van der Waals surface area contributed by atoms with Crippen LogP contribution in [0.1, 0.15) is 52.8 Å². The smallest absolute Gasteiger partial charge is 0.263 e. The Kier molecular flexibility index (Phi) is 5.23. The van der Waals surface area contributed by atoms with Crippen molar-refractivity contribution in [1.82, 2.24) is 19.9 Å². The Morgan fingerprint density at radius 1 is 1.32 bits per heavy atom. The zero-order valence-corrected chi connectivity index (χ0v) is 14.5. The summed E-state index contributed by atoms with van der Waals surface area (Å²) in [5.74, 6) is 0.280. The topological polar surface area (TPSA) is 86.1 Å². The Morgan fingerprint density at radius 3 is 2.76 bits per heavy atom. The molecule has 25 heavy (non-hydrogen) atoms. The van der Waals surface area contributed by atoms with Crippen molar-refractivity contribution in [2.24, 2.45) is 7.05 Å². The number of nitrogens with one attached hydrogen (secondary N) is 1. The fourth-order valence-corrected chi connectivity index (χ4v) is 2.74. The number of rotatable bonds is 4. The summed E-state index contributed by atoms with van der Waals surface area (Å²) in [5, 5.41) is 2.74. The van der Waals surface area contributed by atoms with Gasteiger partial charge >= 0.3 is 0 Å². The molecular formula is C18H22N4O3. The largest absolute Gasteiger partial charge is 0.370 e. The minimum Gasteiger partial charge on any atom is -0.370 e. The molecular weight excluding hydrogens is 320 g/mol. The van der Waals surface area contributed by atoms with Gasteiger partial charge in [0.2, 0.25) is 0 Å². The highest BCUT2D eigenvalue weighted by molar-refractivity contribution is 5.93. The summed E-state index contributed by atoms with van der Waals surface area (Å²) in [5.41, 5.74) is 1.40. The molecule has 2 aromatic rings. The van der Waals surface area contributed by atoms with E-state index in [0.29, 0.717) is 5.82 Å². The van der Waals surface area contributed by atoms with E-state index in [0.717, 1.165) is 37.1 Å². The number of pyridine rings is 1. The number of ether oxygens (including phenoxy) is 1. The zero-order chi connectivity index (χ0) is 17.8. The van der Waals surface area contributed by atoms with Gasteiger partial charge in [0.15, 0.2) is 5.82 Å². The SMILES string of the molecule is Cc1ccc(C(=O)NCc2cnc([C@H]3CCCCO3)nc2)c(=O)n1C. The molecule has 7 heteroatoms. The van der Waals surface area contributed by atoms with Crippen LogP contribution in [0.3, 0.4) is 0 Å². The van der Waals surface area contributed by atoms with E-state index in [4.69, 9.17) is 4.74 Å². The molecule has 0 aromatic carbocycles. The highest BCUT2D eigenvalue weighted by Crippen LogP contribution is 2.24. The van der Waals surface area contributed by atoms with Crippen molar-refractivity contribution in [1.29, 1.82) is 0 Å². The average molecular weight is 342 g/mol. The van der Waals surface area contributed by atoms with Crippen molar-refractivity contribution in [2.75, 3.05) is 6.61 Å². The number of hydrogen-bond acceptors (Lipinski definition) is 5. The molecule has 1 atom stereocenters. The molecule has 2 aromatic heterocycles. The van der Waals surface area contributed by atoms with E-state index < -0.39 is 5.91 Å². The maximum atomic E-state index is 12.2. The molecule has 0 saturated carbocycles. The van der Waals surface area contributed by atoms with Gasteiger partial charge in [-0.2, -0.15) is 0 Å². The Balaban J connectivity index is 1.62. The van der Waals surface area contributed by atoms with E-state index in [2.05, 4.69) is 15.3 Å². The van der Waals surface area contributed by atoms with Crippen LogP contribution >= 0.6 is 0 Å². The van der Waals surface area contributed by atoms with Crippen LogP contribution in [0.5, 0.6) is 0 Å². The van der Waals surface area contributed by atoms with Crippen LogP contribution in [0.4, 0.5) is 0 Å². The normalized spacial score (nSPS) is 17.3. The number of carbonyl (C=O) groups excluding carboxylic acids is 1. The number of aromatic nitrogens is 3. The molecule has 3 heterocycles. The van der Waals surface area contributed by atoms with Crippen LogP contribution in [0.2, 0.25) is 0 Å². The van der Waals surface area contributed by atoms with Gasteiger partial charge in [-0.15, -0.1) is 0 Å². The van der Waals surface area contributed by atoms with Crippen LogP contribution in [0, 0.1) is 6.92 Å². The van der Waals surface area contributed by atoms with E-state index in [1.165, 1.54) is 4.57 Å². The first-order chi connectivity index (χ1) is 12.1. The first kappa shape index (κ1) is 17.3. The second-order valence-electron chi connectivity index (χ2n) is 6.24. The quantitative estimate of drug-likeness (QED) is 0.913. The lowest BCUT2D eigenvalue weighted by atomic mass is 10.1. The molecule has 0 unspecified atom stereocenters. The molecule has 1 saturated heterocycles. The second-order valence-corrected chi connectivity index (χ2v) is 6.24. The molecule has 1 aliphatic rings. The summed E-state index contributed by atoms with van der Waals surface area (Å²) in [4.78, 5) is 33.0. The highest BCUT2D eigenvalue weighted by atomic mass is 16.5. The molecule has 132 valence electrons. The Morgan fingerprint density at radius 2 is 2.08 bits per heavy atom. The van der Waals surface area contributed by atoms with Crippen LogP contribution < -0.4 is 10.9 Å². The van der Waals surface area contributed by atoms with Gasteiger partial charge in [0.1, 0.15) is 11.7 Å². The number of carbonyl (C=O) groups is 1. The lowest BCUT2D eigenvalue weighted by Gasteiger charge is -2.21. The van der Waals surface area contributed by atoms with Crippen molar-refractivity contribution in [3.05, 3.63) is 57.5 Å². The Bertz CT molecular complexity index is 808. The Labute approximate surface area is 146 Å². The zero-order valence-electron chi connectivity index (χ0n) is 14.5. The van der Waals surface area contributed by atoms with E-state index in [9.17, 15) is 9.59 Å². The molecule has 7 nitrogen and oxygen atoms in total. The maximum Gasteiger partial charge on any atom is 0.263 e. The molecule has 1 fully saturated rings. The fourth-order valence-electron chi connectivity index (χ4n) is 2.74. The van der Waals surface area contributed by atoms with E-state index in [-0.39, 0.29) is 23.8 Å². The molecule has 1 amide bonds. The standard InChI is InChI=1S/C18H22N4O3/c1-12-6-7-14(18(24)22(12)2)17(23)21-11-13-9-19-16(20-10-13)15-5-3-4-8-25-15/h6-7,9-10,15H,3-5,8,11H2,1-2H3,(H,21,23)/t15-/m1/s1. The first-order valence-electron chi connectivity index (χ1n) is 8.43. The van der Waals surface area contributed by atoms with Gasteiger partial charge in [0.05, 0.1) is 0 Å². The third-order valence-corrected chi connectivity index (χ3v) is 4.45. The van der Waals surface area contributed by atoms with Gasteiger partial charge in [0.25, 0.3) is 11.5 Å². The summed E-state index contributed by atoms with van der Waals surface area (Å²) in [6.07, 6.45) is 6.48. The molecule has 1 aliphatic heterocycles. The molecule has 1 N–H and O–H groups in total. The van der Waals surface area contributed by atoms with Crippen LogP contribution in [0.15, 0.2) is 29.3 Å². The minimum atomic E-state index is -0.403. The molecule has 0 spiro atoms. The van der Waals surface area contributed by atoms with Gasteiger partial charge in [0, 0.05) is 43.9 Å². The van der Waals surface area contributed by atoms with Gasteiger partial charge in [-0.25, -0.2) is 9.97 Å². The summed E-state index contributed by atoms with van der Waals surface area (Å²) in [6, 6.07) is 3.30. The lowest BCUT2D eigenvalue weighted by Crippen LogP contribution is -2.32. The predicted molar refractivity (Wildman–Crippen MR) is 92.2 cm³/mol. The number of amides is 1. The summed E-state index contributed by atoms with van der Waals surface area (Å²) < 4.78 is 7.12. The van der Waals surface area contributed by atoms with Gasteiger partial charge in [-0.3, -0.25) is 9.59 Å². The van der Waals surface area contributed by atoms with Crippen molar-refractivity contribution in [3.63, 3.8) is 0 Å². The third kappa shape index (κ3) is 3.93. The number of aryl methyl sites for hydroxylation is 1. The van der Waals surface area contributed by atoms with Crippen LogP contribution in [-0.4, -0.2) is 27.0 Å². The van der Waals surface area contributed by atoms with Gasteiger partial charge < -0.3 is 14.6 Å². The van der Waals surface area contributed by atoms with Crippen molar-refractivity contribution in [3.8, 4) is 0 Å². The summed E-state index contributed by atoms with van der Waals surface area (Å²) in [7, 11) is 1.65. The fraction of sp³-hybridized carbons (Fsp3) is 0.444. The van der Waals surface area contributed by atoms with E-state index in [1.54, 1.807) is 31.6 Å². The Hall–Kier alpha value is -2.54. The monoisotopic (exact) mass is 342 g/mol. The van der Waals surface area contributed by atoms with Crippen LogP contribution in [0.25, 0.3) is 0 Å². The summed E-state index contributed by atoms with van der Waals surface area (Å²) in [6.45, 7) is 2.83. The van der Waals surface area contributed by atoms with Crippen molar-refractivity contribution < 1.29 is 9.53 Å². The second kappa shape index (κ2) is 7.57. The van der Waals surface area contributed by atoms with Gasteiger partial charge in [-0.05, 0) is 38.3 Å². The third-order valence-electron chi connectivity index (χ3n) is 4.45. The van der Waals surface area contributed by atoms with E-state index >= 15 is 0 Å². The number of nitrogens with zero attached hydrogens (tertiary/aromatic N) is 3. The van der Waals surface area contributed by atoms with Crippen molar-refractivity contribution >= 4 is 5.91 Å². The van der Waals surface area contributed by atoms with Crippen LogP contribution in [-0.2, 0) is 18.3 Å². The molecule has 0 radical (unpaired) electrons. The molecule has 0 aliphatic carbocycles. The molecule has 0 bridgehead atoms. The van der Waals surface area contributed by atoms with Gasteiger partial charge in [-0.1, -0.05) is 0 Å². The summed E-state index contributed by atoms with van der Waals surface area (Å²) >= 11 is 0. The average Bonchev–Trinajstić information content (AvgIpc) is 2.65. The first-order valence-corrected chi connectivity index (χ1v) is 8.43. The lowest BCUT2D eigenvalue weighted by molar-refractivity contribution is 0.00940. The molecule has 3 rings (SSSR count). The maximum absolute atomic E-state index is 12.2. The number of hydrogen-bond donors (Lipinski definition) is 1.